The van der Waals surface area contributed by atoms with Gasteiger partial charge >= 0.3 is 5.97 Å². The maximum absolute atomic E-state index is 12.3. The number of hydrogen-bond acceptors (Lipinski definition) is 6. The topological polar surface area (TPSA) is 112 Å². The van der Waals surface area contributed by atoms with Gasteiger partial charge in [0, 0.05) is 11.1 Å². The molecule has 3 aromatic rings. The van der Waals surface area contributed by atoms with Gasteiger partial charge in [-0.2, -0.15) is 0 Å². The summed E-state index contributed by atoms with van der Waals surface area (Å²) in [6.45, 7) is 5.87. The van der Waals surface area contributed by atoms with Gasteiger partial charge < -0.3 is 15.4 Å². The van der Waals surface area contributed by atoms with Crippen LogP contribution in [0.4, 0.5) is 5.69 Å². The second-order valence-electron chi connectivity index (χ2n) is 6.12. The molecule has 0 aliphatic carbocycles. The summed E-state index contributed by atoms with van der Waals surface area (Å²) < 4.78 is 0. The molecule has 0 radical (unpaired) electrons. The molecule has 2 aromatic heterocycles. The molecule has 0 atom stereocenters. The fourth-order valence-corrected chi connectivity index (χ4v) is 4.47. The van der Waals surface area contributed by atoms with E-state index >= 15 is 0 Å². The highest BCUT2D eigenvalue weighted by atomic mass is 32.2. The number of amides is 1. The lowest BCUT2D eigenvalue weighted by atomic mass is 10.1. The number of carboxylic acids is 1. The van der Waals surface area contributed by atoms with E-state index in [1.54, 1.807) is 0 Å². The summed E-state index contributed by atoms with van der Waals surface area (Å²) in [5.74, 6) is -1.31. The minimum Gasteiger partial charge on any atom is -0.478 e. The zero-order valence-electron chi connectivity index (χ0n) is 14.9. The van der Waals surface area contributed by atoms with Gasteiger partial charge in [-0.1, -0.05) is 29.5 Å². The number of nitrogens with one attached hydrogen (secondary N) is 2. The number of aromatic carboxylic acids is 1. The number of hydrogen-bond donors (Lipinski definition) is 3. The number of nitrogens with zero attached hydrogens (tertiary/aromatic N) is 1. The van der Waals surface area contributed by atoms with Crippen molar-refractivity contribution in [2.75, 3.05) is 11.1 Å². The van der Waals surface area contributed by atoms with Crippen molar-refractivity contribution in [2.24, 2.45) is 0 Å². The molecule has 3 rings (SSSR count). The Kier molecular flexibility index (Phi) is 5.33. The van der Waals surface area contributed by atoms with Crippen molar-refractivity contribution in [1.82, 2.24) is 9.97 Å². The largest absolute Gasteiger partial charge is 0.478 e. The van der Waals surface area contributed by atoms with Gasteiger partial charge in [0.2, 0.25) is 5.91 Å². The second-order valence-corrected chi connectivity index (χ2v) is 7.94. The highest BCUT2D eigenvalue weighted by Gasteiger charge is 2.17. The maximum Gasteiger partial charge on any atom is 0.337 e. The molecule has 27 heavy (non-hydrogen) atoms. The van der Waals surface area contributed by atoms with Gasteiger partial charge in [0.25, 0.3) is 5.56 Å². The summed E-state index contributed by atoms with van der Waals surface area (Å²) in [6, 6.07) is 4.00. The fraction of sp³-hybridized carbons (Fsp3) is 0.222. The van der Waals surface area contributed by atoms with Crippen molar-refractivity contribution in [1.29, 1.82) is 0 Å². The lowest BCUT2D eigenvalue weighted by Crippen LogP contribution is -2.17. The van der Waals surface area contributed by atoms with Crippen LogP contribution in [0.1, 0.15) is 27.0 Å². The van der Waals surface area contributed by atoms with Crippen molar-refractivity contribution in [3.05, 3.63) is 50.1 Å². The smallest absolute Gasteiger partial charge is 0.337 e. The lowest BCUT2D eigenvalue weighted by Gasteiger charge is -2.12. The van der Waals surface area contributed by atoms with Crippen LogP contribution in [0, 0.1) is 20.8 Å². The number of thioether (sulfide) groups is 1. The first-order valence-electron chi connectivity index (χ1n) is 8.01. The normalized spacial score (nSPS) is 10.9. The standard InChI is InChI=1S/C18H17N3O4S2/c1-8-4-9(2)14(10(3)5-8)19-12(22)7-27-18-20-15(23)13-11(17(24)25)6-26-16(13)21-18/h4-6H,7H2,1-3H3,(H,19,22)(H,24,25)(H,20,21,23). The third-order valence-electron chi connectivity index (χ3n) is 3.93. The van der Waals surface area contributed by atoms with Crippen LogP contribution in [0.15, 0.2) is 27.5 Å². The van der Waals surface area contributed by atoms with Gasteiger partial charge in [-0.3, -0.25) is 9.59 Å². The molecule has 140 valence electrons. The van der Waals surface area contributed by atoms with Crippen molar-refractivity contribution in [3.63, 3.8) is 0 Å². The van der Waals surface area contributed by atoms with Gasteiger partial charge in [-0.05, 0) is 31.9 Å². The number of carbonyl (C=O) groups is 2. The molecule has 0 aliphatic rings. The molecule has 7 nitrogen and oxygen atoms in total. The molecule has 0 saturated heterocycles. The van der Waals surface area contributed by atoms with E-state index in [1.165, 1.54) is 5.38 Å². The molecule has 0 saturated carbocycles. The summed E-state index contributed by atoms with van der Waals surface area (Å²) in [5.41, 5.74) is 3.30. The highest BCUT2D eigenvalue weighted by Crippen LogP contribution is 2.25. The first kappa shape index (κ1) is 19.1. The first-order chi connectivity index (χ1) is 12.8. The summed E-state index contributed by atoms with van der Waals surface area (Å²) in [7, 11) is 0. The Labute approximate surface area is 162 Å². The van der Waals surface area contributed by atoms with Crippen molar-refractivity contribution >= 4 is 50.9 Å². The third-order valence-corrected chi connectivity index (χ3v) is 5.68. The molecule has 0 fully saturated rings. The molecule has 3 N–H and O–H groups in total. The number of carboxylic acid groups (broad SMARTS) is 1. The van der Waals surface area contributed by atoms with Crippen LogP contribution in [0.25, 0.3) is 10.2 Å². The average molecular weight is 403 g/mol. The predicted molar refractivity (Wildman–Crippen MR) is 107 cm³/mol. The van der Waals surface area contributed by atoms with E-state index in [4.69, 9.17) is 5.11 Å². The number of aryl methyl sites for hydroxylation is 3. The van der Waals surface area contributed by atoms with Crippen LogP contribution in [0.5, 0.6) is 0 Å². The predicted octanol–water partition coefficient (Wildman–Crippen LogP) is 3.34. The zero-order valence-corrected chi connectivity index (χ0v) is 16.5. The Morgan fingerprint density at radius 1 is 1.26 bits per heavy atom. The number of anilines is 1. The second kappa shape index (κ2) is 7.53. The minimum atomic E-state index is -1.17. The van der Waals surface area contributed by atoms with Crippen LogP contribution in [-0.4, -0.2) is 32.7 Å². The van der Waals surface area contributed by atoms with Gasteiger partial charge in [-0.15, -0.1) is 11.3 Å². The Bertz CT molecular complexity index is 1090. The molecule has 0 spiro atoms. The number of rotatable bonds is 5. The average Bonchev–Trinajstić information content (AvgIpc) is 3.01. The van der Waals surface area contributed by atoms with E-state index in [1.807, 2.05) is 32.9 Å². The molecule has 0 aliphatic heterocycles. The van der Waals surface area contributed by atoms with Crippen LogP contribution < -0.4 is 10.9 Å². The van der Waals surface area contributed by atoms with Gasteiger partial charge in [-0.25, -0.2) is 9.78 Å². The number of fused-ring (bicyclic) bond motifs is 1. The first-order valence-corrected chi connectivity index (χ1v) is 9.88. The molecule has 2 heterocycles. The Morgan fingerprint density at radius 2 is 1.93 bits per heavy atom. The molecule has 1 amide bonds. The van der Waals surface area contributed by atoms with Crippen molar-refractivity contribution in [3.8, 4) is 0 Å². The van der Waals surface area contributed by atoms with E-state index in [0.29, 0.717) is 4.83 Å². The molecule has 1 aromatic carbocycles. The quantitative estimate of drug-likeness (QED) is 0.445. The molecule has 0 bridgehead atoms. The van der Waals surface area contributed by atoms with E-state index in [-0.39, 0.29) is 27.8 Å². The monoisotopic (exact) mass is 403 g/mol. The van der Waals surface area contributed by atoms with Gasteiger partial charge in [0.05, 0.1) is 16.7 Å². The SMILES string of the molecule is Cc1cc(C)c(NC(=O)CSc2nc3scc(C(=O)O)c3c(=O)[nH]2)c(C)c1. The Hall–Kier alpha value is -2.65. The van der Waals surface area contributed by atoms with Crippen LogP contribution in [0.2, 0.25) is 0 Å². The van der Waals surface area contributed by atoms with Crippen LogP contribution in [-0.2, 0) is 4.79 Å². The number of thiophene rings is 1. The lowest BCUT2D eigenvalue weighted by molar-refractivity contribution is -0.113. The molecular weight excluding hydrogens is 386 g/mol. The van der Waals surface area contributed by atoms with Crippen molar-refractivity contribution < 1.29 is 14.7 Å². The van der Waals surface area contributed by atoms with Crippen molar-refractivity contribution in [2.45, 2.75) is 25.9 Å². The molecule has 9 heteroatoms. The molecular formula is C18H17N3O4S2. The van der Waals surface area contributed by atoms with E-state index in [0.717, 1.165) is 45.5 Å². The number of aromatic nitrogens is 2. The van der Waals surface area contributed by atoms with E-state index in [2.05, 4.69) is 15.3 Å². The number of aromatic amines is 1. The maximum atomic E-state index is 12.3. The summed E-state index contributed by atoms with van der Waals surface area (Å²) in [6.07, 6.45) is 0. The van der Waals surface area contributed by atoms with Crippen LogP contribution >= 0.6 is 23.1 Å². The number of H-pyrrole nitrogens is 1. The number of benzene rings is 1. The van der Waals surface area contributed by atoms with Crippen LogP contribution in [0.3, 0.4) is 0 Å². The van der Waals surface area contributed by atoms with E-state index < -0.39 is 11.5 Å². The summed E-state index contributed by atoms with van der Waals surface area (Å²) in [5, 5.41) is 13.7. The number of carbonyl (C=O) groups excluding carboxylic acids is 1. The summed E-state index contributed by atoms with van der Waals surface area (Å²) in [4.78, 5) is 42.7. The summed E-state index contributed by atoms with van der Waals surface area (Å²) >= 11 is 2.18. The Balaban J connectivity index is 1.74. The third kappa shape index (κ3) is 4.04. The highest BCUT2D eigenvalue weighted by molar-refractivity contribution is 7.99. The van der Waals surface area contributed by atoms with E-state index in [9.17, 15) is 14.4 Å². The fourth-order valence-electron chi connectivity index (χ4n) is 2.84. The molecule has 0 unspecified atom stereocenters. The van der Waals surface area contributed by atoms with Gasteiger partial charge in [0.15, 0.2) is 5.16 Å². The minimum absolute atomic E-state index is 0.0622. The van der Waals surface area contributed by atoms with Gasteiger partial charge in [0.1, 0.15) is 4.83 Å². The zero-order chi connectivity index (χ0) is 19.7. The Morgan fingerprint density at radius 3 is 2.56 bits per heavy atom.